The summed E-state index contributed by atoms with van der Waals surface area (Å²) in [6.07, 6.45) is 8.73. The Bertz CT molecular complexity index is 1170. The number of nitrogens with one attached hydrogen (secondary N) is 1. The number of hydrogen-bond donors (Lipinski definition) is 1. The van der Waals surface area contributed by atoms with Crippen LogP contribution in [0.25, 0.3) is 33.2 Å². The summed E-state index contributed by atoms with van der Waals surface area (Å²) in [5, 5.41) is 5.58. The Kier molecular flexibility index (Phi) is 5.32. The number of hydrogen-bond acceptors (Lipinski definition) is 2. The van der Waals surface area contributed by atoms with Crippen molar-refractivity contribution in [2.75, 3.05) is 13.1 Å². The fourth-order valence-electron chi connectivity index (χ4n) is 4.70. The average Bonchev–Trinajstić information content (AvgIpc) is 3.19. The number of rotatable bonds is 4. The SMILES string of the molecule is CC(C1CCCNC1)n1cc(-c2cncc(-c3cccc(Cl)c3)c2)c2ccccc21. The lowest BCUT2D eigenvalue weighted by Crippen LogP contribution is -2.34. The maximum absolute atomic E-state index is 6.21. The van der Waals surface area contributed by atoms with Crippen LogP contribution in [0.1, 0.15) is 25.8 Å². The van der Waals surface area contributed by atoms with Gasteiger partial charge in [0.25, 0.3) is 0 Å². The lowest BCUT2D eigenvalue weighted by Gasteiger charge is -2.30. The van der Waals surface area contributed by atoms with Crippen molar-refractivity contribution in [1.29, 1.82) is 0 Å². The smallest absolute Gasteiger partial charge is 0.0489 e. The molecule has 5 rings (SSSR count). The van der Waals surface area contributed by atoms with Gasteiger partial charge in [0.2, 0.25) is 0 Å². The van der Waals surface area contributed by atoms with Crippen molar-refractivity contribution in [1.82, 2.24) is 14.9 Å². The van der Waals surface area contributed by atoms with Gasteiger partial charge in [-0.05, 0) is 68.6 Å². The van der Waals surface area contributed by atoms with E-state index >= 15 is 0 Å². The van der Waals surface area contributed by atoms with Gasteiger partial charge < -0.3 is 9.88 Å². The molecule has 4 heteroatoms. The molecule has 0 amide bonds. The molecule has 4 aromatic rings. The first-order valence-electron chi connectivity index (χ1n) is 10.7. The number of nitrogens with zero attached hydrogens (tertiary/aromatic N) is 2. The molecule has 3 nitrogen and oxygen atoms in total. The minimum atomic E-state index is 0.445. The molecule has 1 saturated heterocycles. The van der Waals surface area contributed by atoms with Crippen molar-refractivity contribution in [3.05, 3.63) is 78.2 Å². The highest BCUT2D eigenvalue weighted by atomic mass is 35.5. The number of fused-ring (bicyclic) bond motifs is 1. The molecule has 3 heterocycles. The predicted molar refractivity (Wildman–Crippen MR) is 126 cm³/mol. The third-order valence-corrected chi connectivity index (χ3v) is 6.64. The Hall–Kier alpha value is -2.62. The van der Waals surface area contributed by atoms with E-state index in [2.05, 4.69) is 64.4 Å². The van der Waals surface area contributed by atoms with E-state index in [1.807, 2.05) is 30.6 Å². The zero-order valence-corrected chi connectivity index (χ0v) is 17.9. The van der Waals surface area contributed by atoms with Crippen LogP contribution in [0, 0.1) is 5.92 Å². The van der Waals surface area contributed by atoms with Gasteiger partial charge >= 0.3 is 0 Å². The van der Waals surface area contributed by atoms with Crippen LogP contribution in [-0.2, 0) is 0 Å². The summed E-state index contributed by atoms with van der Waals surface area (Å²) in [6, 6.07) is 19.3. The second-order valence-electron chi connectivity index (χ2n) is 8.29. The van der Waals surface area contributed by atoms with Gasteiger partial charge in [0.1, 0.15) is 0 Å². The van der Waals surface area contributed by atoms with Crippen molar-refractivity contribution < 1.29 is 0 Å². The Labute approximate surface area is 182 Å². The molecule has 2 aromatic heterocycles. The molecule has 152 valence electrons. The highest BCUT2D eigenvalue weighted by Crippen LogP contribution is 2.36. The van der Waals surface area contributed by atoms with Crippen LogP contribution in [0.5, 0.6) is 0 Å². The minimum absolute atomic E-state index is 0.445. The Balaban J connectivity index is 1.59. The van der Waals surface area contributed by atoms with Crippen LogP contribution in [0.4, 0.5) is 0 Å². The van der Waals surface area contributed by atoms with E-state index < -0.39 is 0 Å². The maximum Gasteiger partial charge on any atom is 0.0489 e. The average molecular weight is 416 g/mol. The summed E-state index contributed by atoms with van der Waals surface area (Å²) in [6.45, 7) is 4.59. The standard InChI is InChI=1S/C26H26ClN3/c1-18(20-7-5-11-28-14-20)30-17-25(24-9-2-3-10-26(24)30)22-12-21(15-29-16-22)19-6-4-8-23(27)13-19/h2-4,6,8-10,12-13,15-18,20,28H,5,7,11,14H2,1H3. The van der Waals surface area contributed by atoms with Gasteiger partial charge in [0, 0.05) is 57.2 Å². The van der Waals surface area contributed by atoms with Gasteiger partial charge in [-0.3, -0.25) is 4.98 Å². The van der Waals surface area contributed by atoms with Crippen LogP contribution in [-0.4, -0.2) is 22.6 Å². The second-order valence-corrected chi connectivity index (χ2v) is 8.72. The third kappa shape index (κ3) is 3.64. The predicted octanol–water partition coefficient (Wildman–Crippen LogP) is 6.58. The Morgan fingerprint density at radius 2 is 1.90 bits per heavy atom. The van der Waals surface area contributed by atoms with Crippen LogP contribution in [0.3, 0.4) is 0 Å². The molecular formula is C26H26ClN3. The summed E-state index contributed by atoms with van der Waals surface area (Å²) in [5.74, 6) is 0.651. The fraction of sp³-hybridized carbons (Fsp3) is 0.269. The number of benzene rings is 2. The zero-order valence-electron chi connectivity index (χ0n) is 17.2. The molecule has 1 N–H and O–H groups in total. The highest BCUT2D eigenvalue weighted by molar-refractivity contribution is 6.30. The molecule has 0 radical (unpaired) electrons. The van der Waals surface area contributed by atoms with Crippen LogP contribution in [0.2, 0.25) is 5.02 Å². The molecule has 2 unspecified atom stereocenters. The summed E-state index contributed by atoms with van der Waals surface area (Å²) in [4.78, 5) is 4.56. The van der Waals surface area contributed by atoms with Gasteiger partial charge in [-0.25, -0.2) is 0 Å². The van der Waals surface area contributed by atoms with Crippen LogP contribution in [0.15, 0.2) is 73.2 Å². The third-order valence-electron chi connectivity index (χ3n) is 6.40. The van der Waals surface area contributed by atoms with Gasteiger partial charge in [-0.1, -0.05) is 41.9 Å². The van der Waals surface area contributed by atoms with E-state index in [4.69, 9.17) is 11.6 Å². The van der Waals surface area contributed by atoms with Gasteiger partial charge in [-0.2, -0.15) is 0 Å². The van der Waals surface area contributed by atoms with E-state index in [0.717, 1.165) is 34.8 Å². The summed E-state index contributed by atoms with van der Waals surface area (Å²) >= 11 is 6.21. The largest absolute Gasteiger partial charge is 0.344 e. The normalized spacial score (nSPS) is 17.9. The number of aromatic nitrogens is 2. The molecule has 1 aliphatic rings. The molecule has 0 saturated carbocycles. The lowest BCUT2D eigenvalue weighted by atomic mass is 9.92. The zero-order chi connectivity index (χ0) is 20.5. The van der Waals surface area contributed by atoms with Crippen molar-refractivity contribution in [2.45, 2.75) is 25.8 Å². The Morgan fingerprint density at radius 1 is 1.03 bits per heavy atom. The molecule has 1 fully saturated rings. The lowest BCUT2D eigenvalue weighted by molar-refractivity contribution is 0.284. The quantitative estimate of drug-likeness (QED) is 0.407. The van der Waals surface area contributed by atoms with Gasteiger partial charge in [0.05, 0.1) is 0 Å². The van der Waals surface area contributed by atoms with Crippen molar-refractivity contribution >= 4 is 22.5 Å². The van der Waals surface area contributed by atoms with E-state index in [0.29, 0.717) is 12.0 Å². The molecule has 30 heavy (non-hydrogen) atoms. The van der Waals surface area contributed by atoms with E-state index in [1.54, 1.807) is 0 Å². The van der Waals surface area contributed by atoms with Crippen LogP contribution < -0.4 is 5.32 Å². The summed E-state index contributed by atoms with van der Waals surface area (Å²) in [7, 11) is 0. The maximum atomic E-state index is 6.21. The summed E-state index contributed by atoms with van der Waals surface area (Å²) < 4.78 is 2.47. The monoisotopic (exact) mass is 415 g/mol. The number of halogens is 1. The minimum Gasteiger partial charge on any atom is -0.344 e. The second kappa shape index (κ2) is 8.25. The molecule has 0 aliphatic carbocycles. The molecule has 0 spiro atoms. The Morgan fingerprint density at radius 3 is 2.73 bits per heavy atom. The van der Waals surface area contributed by atoms with E-state index in [1.165, 1.54) is 29.3 Å². The van der Waals surface area contributed by atoms with E-state index in [9.17, 15) is 0 Å². The fourth-order valence-corrected chi connectivity index (χ4v) is 4.89. The first kappa shape index (κ1) is 19.3. The van der Waals surface area contributed by atoms with Crippen LogP contribution >= 0.6 is 11.6 Å². The van der Waals surface area contributed by atoms with Gasteiger partial charge in [-0.15, -0.1) is 0 Å². The summed E-state index contributed by atoms with van der Waals surface area (Å²) in [5.41, 5.74) is 5.83. The van der Waals surface area contributed by atoms with Crippen molar-refractivity contribution in [3.8, 4) is 22.3 Å². The topological polar surface area (TPSA) is 29.9 Å². The van der Waals surface area contributed by atoms with Gasteiger partial charge in [0.15, 0.2) is 0 Å². The molecule has 2 atom stereocenters. The number of piperidine rings is 1. The van der Waals surface area contributed by atoms with E-state index in [-0.39, 0.29) is 0 Å². The van der Waals surface area contributed by atoms with Crippen molar-refractivity contribution in [3.63, 3.8) is 0 Å². The number of pyridine rings is 1. The highest BCUT2D eigenvalue weighted by Gasteiger charge is 2.23. The van der Waals surface area contributed by atoms with Crippen molar-refractivity contribution in [2.24, 2.45) is 5.92 Å². The number of para-hydroxylation sites is 1. The first-order chi connectivity index (χ1) is 14.7. The molecule has 2 aromatic carbocycles. The molecule has 1 aliphatic heterocycles. The molecule has 0 bridgehead atoms. The molecular weight excluding hydrogens is 390 g/mol. The first-order valence-corrected chi connectivity index (χ1v) is 11.1.